The summed E-state index contributed by atoms with van der Waals surface area (Å²) in [4.78, 5) is 2.58. The molecular formula is C13H27NO. The van der Waals surface area contributed by atoms with Crippen molar-refractivity contribution in [1.29, 1.82) is 0 Å². The summed E-state index contributed by atoms with van der Waals surface area (Å²) < 4.78 is 5.90. The van der Waals surface area contributed by atoms with Gasteiger partial charge in [-0.1, -0.05) is 0 Å². The lowest BCUT2D eigenvalue weighted by Gasteiger charge is -2.37. The van der Waals surface area contributed by atoms with E-state index in [4.69, 9.17) is 4.74 Å². The molecule has 1 aliphatic rings. The Labute approximate surface area is 95.0 Å². The maximum absolute atomic E-state index is 5.90. The highest BCUT2D eigenvalue weighted by atomic mass is 16.5. The van der Waals surface area contributed by atoms with Gasteiger partial charge < -0.3 is 4.74 Å². The quantitative estimate of drug-likeness (QED) is 0.699. The van der Waals surface area contributed by atoms with Gasteiger partial charge in [-0.15, -0.1) is 0 Å². The Morgan fingerprint density at radius 2 is 1.73 bits per heavy atom. The average Bonchev–Trinajstić information content (AvgIpc) is 2.45. The molecule has 0 aromatic rings. The van der Waals surface area contributed by atoms with E-state index in [1.807, 2.05) is 0 Å². The molecule has 1 atom stereocenters. The largest absolute Gasteiger partial charge is 0.374 e. The van der Waals surface area contributed by atoms with Crippen molar-refractivity contribution < 1.29 is 4.74 Å². The maximum Gasteiger partial charge on any atom is 0.0629 e. The molecule has 90 valence electrons. The van der Waals surface area contributed by atoms with Crippen LogP contribution in [0.5, 0.6) is 0 Å². The van der Waals surface area contributed by atoms with Crippen LogP contribution >= 0.6 is 0 Å². The molecule has 0 N–H and O–H groups in total. The minimum Gasteiger partial charge on any atom is -0.374 e. The fraction of sp³-hybridized carbons (Fsp3) is 1.00. The monoisotopic (exact) mass is 213 g/mol. The predicted octanol–water partition coefficient (Wildman–Crippen LogP) is 3.06. The first kappa shape index (κ1) is 13.0. The van der Waals surface area contributed by atoms with Crippen LogP contribution in [0.1, 0.15) is 54.4 Å². The summed E-state index contributed by atoms with van der Waals surface area (Å²) in [5, 5.41) is 0. The fourth-order valence-electron chi connectivity index (χ4n) is 2.24. The van der Waals surface area contributed by atoms with Crippen molar-refractivity contribution >= 4 is 0 Å². The van der Waals surface area contributed by atoms with E-state index in [0.717, 1.165) is 6.61 Å². The predicted molar refractivity (Wildman–Crippen MR) is 65.2 cm³/mol. The first-order valence-electron chi connectivity index (χ1n) is 6.11. The van der Waals surface area contributed by atoms with Gasteiger partial charge in [0.1, 0.15) is 0 Å². The minimum atomic E-state index is -0.00779. The Kier molecular flexibility index (Phi) is 3.83. The van der Waals surface area contributed by atoms with Crippen molar-refractivity contribution in [2.45, 2.75) is 71.6 Å². The number of nitrogens with zero attached hydrogens (tertiary/aromatic N) is 1. The van der Waals surface area contributed by atoms with Gasteiger partial charge in [0.25, 0.3) is 0 Å². The van der Waals surface area contributed by atoms with Crippen LogP contribution in [0.3, 0.4) is 0 Å². The summed E-state index contributed by atoms with van der Waals surface area (Å²) in [5.41, 5.74) is 0.272. The van der Waals surface area contributed by atoms with Gasteiger partial charge in [0.2, 0.25) is 0 Å². The molecule has 2 heteroatoms. The van der Waals surface area contributed by atoms with E-state index in [-0.39, 0.29) is 11.1 Å². The standard InChI is InChI=1S/C13H27NO/c1-12(2,3)14-9-7-8-11(14)10-15-13(4,5)6/h11H,7-10H2,1-6H3. The van der Waals surface area contributed by atoms with Crippen molar-refractivity contribution in [3.63, 3.8) is 0 Å². The second-order valence-electron chi connectivity index (χ2n) is 6.58. The lowest BCUT2D eigenvalue weighted by atomic mass is 10.0. The van der Waals surface area contributed by atoms with E-state index in [0.29, 0.717) is 6.04 Å². The fourth-order valence-corrected chi connectivity index (χ4v) is 2.24. The van der Waals surface area contributed by atoms with Crippen LogP contribution in [-0.2, 0) is 4.74 Å². The summed E-state index contributed by atoms with van der Waals surface area (Å²) in [6, 6.07) is 0.615. The highest BCUT2D eigenvalue weighted by Gasteiger charge is 2.33. The molecule has 0 radical (unpaired) electrons. The van der Waals surface area contributed by atoms with E-state index < -0.39 is 0 Å². The third kappa shape index (κ3) is 4.12. The maximum atomic E-state index is 5.90. The lowest BCUT2D eigenvalue weighted by Crippen LogP contribution is -2.47. The molecule has 0 aromatic heterocycles. The normalized spacial score (nSPS) is 24.8. The Bertz CT molecular complexity index is 200. The van der Waals surface area contributed by atoms with Gasteiger partial charge in [0, 0.05) is 11.6 Å². The number of hydrogen-bond donors (Lipinski definition) is 0. The molecule has 2 nitrogen and oxygen atoms in total. The summed E-state index contributed by atoms with van der Waals surface area (Å²) in [7, 11) is 0. The number of rotatable bonds is 2. The first-order chi connectivity index (χ1) is 6.70. The smallest absolute Gasteiger partial charge is 0.0629 e. The van der Waals surface area contributed by atoms with Crippen LogP contribution < -0.4 is 0 Å². The van der Waals surface area contributed by atoms with Crippen LogP contribution in [0.25, 0.3) is 0 Å². The Morgan fingerprint density at radius 3 is 2.20 bits per heavy atom. The number of likely N-dealkylation sites (tertiary alicyclic amines) is 1. The second kappa shape index (κ2) is 4.42. The van der Waals surface area contributed by atoms with Crippen molar-refractivity contribution in [3.05, 3.63) is 0 Å². The van der Waals surface area contributed by atoms with Gasteiger partial charge in [0.15, 0.2) is 0 Å². The molecule has 0 bridgehead atoms. The van der Waals surface area contributed by atoms with Crippen molar-refractivity contribution in [3.8, 4) is 0 Å². The zero-order valence-electron chi connectivity index (χ0n) is 11.3. The van der Waals surface area contributed by atoms with E-state index in [1.165, 1.54) is 19.4 Å². The highest BCUT2D eigenvalue weighted by molar-refractivity contribution is 4.88. The summed E-state index contributed by atoms with van der Waals surface area (Å²) in [5.74, 6) is 0. The second-order valence-corrected chi connectivity index (χ2v) is 6.58. The molecule has 1 aliphatic heterocycles. The van der Waals surface area contributed by atoms with E-state index >= 15 is 0 Å². The van der Waals surface area contributed by atoms with Gasteiger partial charge in [-0.2, -0.15) is 0 Å². The summed E-state index contributed by atoms with van der Waals surface area (Å²) >= 11 is 0. The van der Waals surface area contributed by atoms with E-state index in [2.05, 4.69) is 46.4 Å². The number of hydrogen-bond acceptors (Lipinski definition) is 2. The van der Waals surface area contributed by atoms with Crippen molar-refractivity contribution in [2.75, 3.05) is 13.2 Å². The Hall–Kier alpha value is -0.0800. The van der Waals surface area contributed by atoms with Crippen LogP contribution in [-0.4, -0.2) is 35.2 Å². The van der Waals surface area contributed by atoms with Gasteiger partial charge in [-0.05, 0) is 60.9 Å². The molecule has 0 aromatic carbocycles. The zero-order valence-corrected chi connectivity index (χ0v) is 11.3. The molecule has 0 aliphatic carbocycles. The van der Waals surface area contributed by atoms with Gasteiger partial charge in [-0.25, -0.2) is 0 Å². The van der Waals surface area contributed by atoms with E-state index in [1.54, 1.807) is 0 Å². The van der Waals surface area contributed by atoms with Gasteiger partial charge in [-0.3, -0.25) is 4.90 Å². The molecule has 1 rings (SSSR count). The first-order valence-corrected chi connectivity index (χ1v) is 6.11. The third-order valence-corrected chi connectivity index (χ3v) is 2.95. The van der Waals surface area contributed by atoms with Gasteiger partial charge in [0.05, 0.1) is 12.2 Å². The van der Waals surface area contributed by atoms with Gasteiger partial charge >= 0.3 is 0 Å². The molecule has 0 amide bonds. The lowest BCUT2D eigenvalue weighted by molar-refractivity contribution is -0.0406. The molecular weight excluding hydrogens is 186 g/mol. The van der Waals surface area contributed by atoms with Crippen molar-refractivity contribution in [2.24, 2.45) is 0 Å². The molecule has 0 saturated carbocycles. The topological polar surface area (TPSA) is 12.5 Å². The van der Waals surface area contributed by atoms with Crippen LogP contribution in [0, 0.1) is 0 Å². The van der Waals surface area contributed by atoms with Crippen LogP contribution in [0.15, 0.2) is 0 Å². The number of ether oxygens (including phenoxy) is 1. The summed E-state index contributed by atoms with van der Waals surface area (Å²) in [6.07, 6.45) is 2.60. The molecule has 1 fully saturated rings. The van der Waals surface area contributed by atoms with E-state index in [9.17, 15) is 0 Å². The van der Waals surface area contributed by atoms with Crippen molar-refractivity contribution in [1.82, 2.24) is 4.90 Å². The SMILES string of the molecule is CC(C)(C)OCC1CCCN1C(C)(C)C. The van der Waals surface area contributed by atoms with Crippen LogP contribution in [0.4, 0.5) is 0 Å². The molecule has 1 heterocycles. The third-order valence-electron chi connectivity index (χ3n) is 2.95. The zero-order chi connectivity index (χ0) is 11.7. The average molecular weight is 213 g/mol. The minimum absolute atomic E-state index is 0.00779. The highest BCUT2D eigenvalue weighted by Crippen LogP contribution is 2.27. The summed E-state index contributed by atoms with van der Waals surface area (Å²) in [6.45, 7) is 15.4. The molecule has 15 heavy (non-hydrogen) atoms. The Balaban J connectivity index is 2.48. The molecule has 1 unspecified atom stereocenters. The molecule has 1 saturated heterocycles. The Morgan fingerprint density at radius 1 is 1.13 bits per heavy atom. The molecule has 0 spiro atoms. The van der Waals surface area contributed by atoms with Crippen LogP contribution in [0.2, 0.25) is 0 Å².